The molecule has 1 atom stereocenters. The number of benzene rings is 1. The number of pyridine rings is 1. The molecule has 5 rings (SSSR count). The van der Waals surface area contributed by atoms with E-state index >= 15 is 0 Å². The first-order valence-electron chi connectivity index (χ1n) is 11.6. The molecule has 0 unspecified atom stereocenters. The molecule has 1 saturated heterocycles. The maximum absolute atomic E-state index is 14.9. The SMILES string of the molecule is Cc1cc([C@H]2CN(c3nc(-c4ccc(F)cc4F)c4nc(C)n(C)c(=O)c4n3)CC(C)(C)O2)ccn1. The normalized spacial score (nSPS) is 17.5. The lowest BCUT2D eigenvalue weighted by atomic mass is 10.0. The molecule has 0 spiro atoms. The summed E-state index contributed by atoms with van der Waals surface area (Å²) in [5.74, 6) is -0.835. The van der Waals surface area contributed by atoms with Gasteiger partial charge < -0.3 is 9.64 Å². The van der Waals surface area contributed by atoms with Crippen LogP contribution in [0.5, 0.6) is 0 Å². The molecule has 1 fully saturated rings. The maximum atomic E-state index is 14.9. The van der Waals surface area contributed by atoms with Crippen molar-refractivity contribution >= 4 is 17.0 Å². The highest BCUT2D eigenvalue weighted by atomic mass is 19.1. The second kappa shape index (κ2) is 8.70. The Labute approximate surface area is 206 Å². The molecule has 1 aliphatic rings. The summed E-state index contributed by atoms with van der Waals surface area (Å²) in [5.41, 5.74) is 1.28. The van der Waals surface area contributed by atoms with E-state index in [4.69, 9.17) is 4.74 Å². The minimum absolute atomic E-state index is 0.0408. The van der Waals surface area contributed by atoms with E-state index in [1.807, 2.05) is 37.8 Å². The molecule has 0 N–H and O–H groups in total. The highest BCUT2D eigenvalue weighted by Crippen LogP contribution is 2.34. The van der Waals surface area contributed by atoms with Gasteiger partial charge in [0.1, 0.15) is 34.8 Å². The zero-order valence-corrected chi connectivity index (χ0v) is 20.7. The van der Waals surface area contributed by atoms with Gasteiger partial charge in [-0.25, -0.2) is 23.7 Å². The molecule has 3 aromatic heterocycles. The van der Waals surface area contributed by atoms with Crippen LogP contribution in [0.15, 0.2) is 41.3 Å². The monoisotopic (exact) mass is 492 g/mol. The van der Waals surface area contributed by atoms with Gasteiger partial charge in [0.2, 0.25) is 5.95 Å². The number of aromatic nitrogens is 5. The molecule has 1 aliphatic heterocycles. The van der Waals surface area contributed by atoms with Crippen LogP contribution in [0.2, 0.25) is 0 Å². The van der Waals surface area contributed by atoms with E-state index in [2.05, 4.69) is 19.9 Å². The number of hydrogen-bond acceptors (Lipinski definition) is 7. The summed E-state index contributed by atoms with van der Waals surface area (Å²) in [4.78, 5) is 33.1. The number of hydrogen-bond donors (Lipinski definition) is 0. The summed E-state index contributed by atoms with van der Waals surface area (Å²) in [6.45, 7) is 8.35. The molecule has 0 radical (unpaired) electrons. The second-order valence-corrected chi connectivity index (χ2v) is 9.69. The highest BCUT2D eigenvalue weighted by molar-refractivity contribution is 5.89. The Morgan fingerprint density at radius 3 is 2.56 bits per heavy atom. The Hall–Kier alpha value is -3.79. The summed E-state index contributed by atoms with van der Waals surface area (Å²) >= 11 is 0. The number of anilines is 1. The third-order valence-electron chi connectivity index (χ3n) is 6.32. The minimum atomic E-state index is -0.798. The van der Waals surface area contributed by atoms with Gasteiger partial charge in [0.05, 0.1) is 12.1 Å². The van der Waals surface area contributed by atoms with Gasteiger partial charge in [0.15, 0.2) is 5.52 Å². The molecule has 4 heterocycles. The Kier molecular flexibility index (Phi) is 5.78. The molecule has 0 amide bonds. The predicted octanol–water partition coefficient (Wildman–Crippen LogP) is 4.04. The molecular weight excluding hydrogens is 466 g/mol. The van der Waals surface area contributed by atoms with E-state index in [-0.39, 0.29) is 39.9 Å². The van der Waals surface area contributed by atoms with Crippen molar-refractivity contribution in [3.8, 4) is 11.3 Å². The van der Waals surface area contributed by atoms with Crippen LogP contribution in [0.1, 0.15) is 37.0 Å². The molecule has 0 saturated carbocycles. The van der Waals surface area contributed by atoms with Gasteiger partial charge in [-0.05, 0) is 57.5 Å². The molecule has 0 bridgehead atoms. The Bertz CT molecular complexity index is 1550. The number of morpholine rings is 1. The predicted molar refractivity (Wildman–Crippen MR) is 132 cm³/mol. The highest BCUT2D eigenvalue weighted by Gasteiger charge is 2.36. The molecule has 0 aliphatic carbocycles. The molecule has 4 aromatic rings. The molecule has 10 heteroatoms. The lowest BCUT2D eigenvalue weighted by Crippen LogP contribution is -2.50. The molecule has 8 nitrogen and oxygen atoms in total. The van der Waals surface area contributed by atoms with Crippen molar-refractivity contribution < 1.29 is 13.5 Å². The number of halogens is 2. The van der Waals surface area contributed by atoms with Crippen molar-refractivity contribution in [3.63, 3.8) is 0 Å². The van der Waals surface area contributed by atoms with Crippen LogP contribution in [-0.4, -0.2) is 43.2 Å². The van der Waals surface area contributed by atoms with E-state index in [9.17, 15) is 13.6 Å². The Morgan fingerprint density at radius 1 is 1.06 bits per heavy atom. The van der Waals surface area contributed by atoms with Crippen molar-refractivity contribution in [3.05, 3.63) is 75.6 Å². The summed E-state index contributed by atoms with van der Waals surface area (Å²) < 4.78 is 36.3. The quantitative estimate of drug-likeness (QED) is 0.427. The van der Waals surface area contributed by atoms with Gasteiger partial charge in [0, 0.05) is 37.1 Å². The van der Waals surface area contributed by atoms with E-state index in [1.54, 1.807) is 20.2 Å². The van der Waals surface area contributed by atoms with Crippen LogP contribution in [-0.2, 0) is 11.8 Å². The number of ether oxygens (including phenoxy) is 1. The van der Waals surface area contributed by atoms with E-state index in [0.717, 1.165) is 23.4 Å². The molecule has 1 aromatic carbocycles. The zero-order chi connectivity index (χ0) is 25.8. The second-order valence-electron chi connectivity index (χ2n) is 9.69. The van der Waals surface area contributed by atoms with Gasteiger partial charge in [-0.1, -0.05) is 0 Å². The van der Waals surface area contributed by atoms with Crippen LogP contribution in [0.4, 0.5) is 14.7 Å². The average Bonchev–Trinajstić information content (AvgIpc) is 2.81. The van der Waals surface area contributed by atoms with Crippen LogP contribution in [0, 0.1) is 25.5 Å². The van der Waals surface area contributed by atoms with Gasteiger partial charge >= 0.3 is 0 Å². The minimum Gasteiger partial charge on any atom is -0.364 e. The fourth-order valence-electron chi connectivity index (χ4n) is 4.53. The first-order chi connectivity index (χ1) is 17.0. The van der Waals surface area contributed by atoms with Gasteiger partial charge in [-0.15, -0.1) is 0 Å². The standard InChI is InChI=1S/C26H26F2N6O2/c1-14-10-16(8-9-29-14)20-12-34(13-26(3,4)36-20)25-31-21(18-7-6-17(27)11-19(18)28)22-23(32-25)24(35)33(5)15(2)30-22/h6-11,20H,12-13H2,1-5H3/t20-/m1/s1. The summed E-state index contributed by atoms with van der Waals surface area (Å²) in [6.07, 6.45) is 1.43. The maximum Gasteiger partial charge on any atom is 0.279 e. The first-order valence-corrected chi connectivity index (χ1v) is 11.6. The number of aryl methyl sites for hydroxylation is 2. The van der Waals surface area contributed by atoms with Gasteiger partial charge in [-0.3, -0.25) is 14.3 Å². The lowest BCUT2D eigenvalue weighted by molar-refractivity contribution is -0.0859. The zero-order valence-electron chi connectivity index (χ0n) is 20.7. The largest absolute Gasteiger partial charge is 0.364 e. The van der Waals surface area contributed by atoms with Crippen molar-refractivity contribution in [2.75, 3.05) is 18.0 Å². The van der Waals surface area contributed by atoms with E-state index in [0.29, 0.717) is 18.9 Å². The Morgan fingerprint density at radius 2 is 1.83 bits per heavy atom. The van der Waals surface area contributed by atoms with Crippen LogP contribution < -0.4 is 10.5 Å². The van der Waals surface area contributed by atoms with Crippen LogP contribution >= 0.6 is 0 Å². The van der Waals surface area contributed by atoms with Crippen molar-refractivity contribution in [2.24, 2.45) is 7.05 Å². The molecule has 186 valence electrons. The average molecular weight is 493 g/mol. The molecule has 36 heavy (non-hydrogen) atoms. The lowest BCUT2D eigenvalue weighted by Gasteiger charge is -2.43. The number of rotatable bonds is 3. The van der Waals surface area contributed by atoms with E-state index in [1.165, 1.54) is 10.6 Å². The van der Waals surface area contributed by atoms with E-state index < -0.39 is 17.2 Å². The van der Waals surface area contributed by atoms with Crippen molar-refractivity contribution in [1.82, 2.24) is 24.5 Å². The summed E-state index contributed by atoms with van der Waals surface area (Å²) in [7, 11) is 1.60. The van der Waals surface area contributed by atoms with Crippen molar-refractivity contribution in [2.45, 2.75) is 39.4 Å². The Balaban J connectivity index is 1.70. The third kappa shape index (κ3) is 4.32. The molecular formula is C26H26F2N6O2. The van der Waals surface area contributed by atoms with Gasteiger partial charge in [-0.2, -0.15) is 0 Å². The summed E-state index contributed by atoms with van der Waals surface area (Å²) in [5, 5.41) is 0. The number of fused-ring (bicyclic) bond motifs is 1. The fraction of sp³-hybridized carbons (Fsp3) is 0.346. The topological polar surface area (TPSA) is 86.0 Å². The third-order valence-corrected chi connectivity index (χ3v) is 6.32. The van der Waals surface area contributed by atoms with Crippen LogP contribution in [0.3, 0.4) is 0 Å². The number of nitrogens with zero attached hydrogens (tertiary/aromatic N) is 6. The van der Waals surface area contributed by atoms with Crippen LogP contribution in [0.25, 0.3) is 22.3 Å². The summed E-state index contributed by atoms with van der Waals surface area (Å²) in [6, 6.07) is 7.11. The fourth-order valence-corrected chi connectivity index (χ4v) is 4.53. The smallest absolute Gasteiger partial charge is 0.279 e. The van der Waals surface area contributed by atoms with Gasteiger partial charge in [0.25, 0.3) is 5.56 Å². The van der Waals surface area contributed by atoms with Crippen molar-refractivity contribution in [1.29, 1.82) is 0 Å². The first kappa shape index (κ1) is 23.9.